The molecule has 7 heteroatoms. The predicted molar refractivity (Wildman–Crippen MR) is 130 cm³/mol. The van der Waals surface area contributed by atoms with Crippen molar-refractivity contribution in [1.29, 1.82) is 5.41 Å². The van der Waals surface area contributed by atoms with Crippen LogP contribution in [-0.4, -0.2) is 25.5 Å². The zero-order chi connectivity index (χ0) is 24.1. The van der Waals surface area contributed by atoms with E-state index in [1.807, 2.05) is 54.6 Å². The lowest BCUT2D eigenvalue weighted by atomic mass is 10.00. The first kappa shape index (κ1) is 22.9. The topological polar surface area (TPSA) is 108 Å². The number of nitrogens with two attached hydrogens (primary N) is 1. The molecule has 4 rings (SSSR count). The summed E-state index contributed by atoms with van der Waals surface area (Å²) in [4.78, 5) is 12.0. The second kappa shape index (κ2) is 10.1. The Morgan fingerprint density at radius 1 is 1.00 bits per heavy atom. The van der Waals surface area contributed by atoms with Gasteiger partial charge in [-0.1, -0.05) is 36.4 Å². The Bertz CT molecular complexity index is 1340. The van der Waals surface area contributed by atoms with E-state index in [9.17, 15) is 4.79 Å². The maximum atomic E-state index is 12.0. The standard InChI is InChI=1S/C27H26N2O5/c1-3-32-25(30)14-18-7-4-5-10-23(18)33-15-21-16-34-26-22(21)12-20(13-24(26)31-2)17-8-6-9-19(11-17)27(28)29/h4-13,16H,3,14-15H2,1-2H3,(H3,28,29). The molecule has 174 valence electrons. The number of nitrogen functional groups attached to an aromatic ring is 1. The van der Waals surface area contributed by atoms with Crippen LogP contribution < -0.4 is 15.2 Å². The molecule has 34 heavy (non-hydrogen) atoms. The van der Waals surface area contributed by atoms with Crippen LogP contribution in [0, 0.1) is 5.41 Å². The normalized spacial score (nSPS) is 10.8. The number of hydrogen-bond acceptors (Lipinski definition) is 6. The molecule has 0 spiro atoms. The summed E-state index contributed by atoms with van der Waals surface area (Å²) in [5.41, 5.74) is 10.3. The van der Waals surface area contributed by atoms with Crippen LogP contribution >= 0.6 is 0 Å². The van der Waals surface area contributed by atoms with Crippen molar-refractivity contribution in [3.05, 3.63) is 83.6 Å². The summed E-state index contributed by atoms with van der Waals surface area (Å²) in [6, 6.07) is 18.8. The average Bonchev–Trinajstić information content (AvgIpc) is 3.26. The van der Waals surface area contributed by atoms with Crippen LogP contribution in [0.5, 0.6) is 11.5 Å². The van der Waals surface area contributed by atoms with Gasteiger partial charge in [0, 0.05) is 22.1 Å². The fraction of sp³-hybridized carbons (Fsp3) is 0.185. The second-order valence-electron chi connectivity index (χ2n) is 7.69. The SMILES string of the molecule is CCOC(=O)Cc1ccccc1OCc1coc2c(OC)cc(-c3cccc(C(=N)N)c3)cc12. The Labute approximate surface area is 197 Å². The average molecular weight is 459 g/mol. The summed E-state index contributed by atoms with van der Waals surface area (Å²) in [5, 5.41) is 8.58. The summed E-state index contributed by atoms with van der Waals surface area (Å²) in [6.45, 7) is 2.36. The maximum Gasteiger partial charge on any atom is 0.310 e. The molecule has 7 nitrogen and oxygen atoms in total. The van der Waals surface area contributed by atoms with E-state index in [1.54, 1.807) is 26.4 Å². The number of nitrogens with one attached hydrogen (secondary N) is 1. The van der Waals surface area contributed by atoms with E-state index in [0.29, 0.717) is 29.3 Å². The first-order valence-corrected chi connectivity index (χ1v) is 10.9. The van der Waals surface area contributed by atoms with Crippen LogP contribution in [0.25, 0.3) is 22.1 Å². The van der Waals surface area contributed by atoms with Crippen molar-refractivity contribution in [2.24, 2.45) is 5.73 Å². The first-order chi connectivity index (χ1) is 16.5. The summed E-state index contributed by atoms with van der Waals surface area (Å²) in [7, 11) is 1.59. The fourth-order valence-electron chi connectivity index (χ4n) is 3.77. The number of esters is 1. The number of furan rings is 1. The third-order valence-corrected chi connectivity index (χ3v) is 5.44. The number of amidine groups is 1. The highest BCUT2D eigenvalue weighted by atomic mass is 16.5. The quantitative estimate of drug-likeness (QED) is 0.206. The number of ether oxygens (including phenoxy) is 3. The monoisotopic (exact) mass is 458 g/mol. The summed E-state index contributed by atoms with van der Waals surface area (Å²) in [6.07, 6.45) is 1.79. The van der Waals surface area contributed by atoms with Gasteiger partial charge >= 0.3 is 5.97 Å². The number of benzene rings is 3. The van der Waals surface area contributed by atoms with Crippen molar-refractivity contribution in [2.75, 3.05) is 13.7 Å². The van der Waals surface area contributed by atoms with Crippen molar-refractivity contribution >= 4 is 22.8 Å². The van der Waals surface area contributed by atoms with Crippen molar-refractivity contribution in [1.82, 2.24) is 0 Å². The van der Waals surface area contributed by atoms with Gasteiger partial charge in [0.05, 0.1) is 26.4 Å². The van der Waals surface area contributed by atoms with E-state index in [2.05, 4.69) is 0 Å². The third kappa shape index (κ3) is 4.88. The predicted octanol–water partition coefficient (Wildman–Crippen LogP) is 5.08. The molecule has 3 aromatic carbocycles. The Morgan fingerprint density at radius 3 is 2.59 bits per heavy atom. The summed E-state index contributed by atoms with van der Waals surface area (Å²) in [5.74, 6) is 0.917. The van der Waals surface area contributed by atoms with Gasteiger partial charge in [-0.2, -0.15) is 0 Å². The summed E-state index contributed by atoms with van der Waals surface area (Å²) >= 11 is 0. The molecule has 0 saturated heterocycles. The molecule has 0 aliphatic heterocycles. The number of fused-ring (bicyclic) bond motifs is 1. The highest BCUT2D eigenvalue weighted by Gasteiger charge is 2.16. The van der Waals surface area contributed by atoms with Gasteiger partial charge in [-0.3, -0.25) is 10.2 Å². The number of para-hydroxylation sites is 1. The molecule has 0 aliphatic carbocycles. The number of rotatable bonds is 9. The molecule has 0 aliphatic rings. The van der Waals surface area contributed by atoms with E-state index >= 15 is 0 Å². The van der Waals surface area contributed by atoms with Crippen molar-refractivity contribution in [2.45, 2.75) is 20.0 Å². The Balaban J connectivity index is 1.65. The largest absolute Gasteiger partial charge is 0.493 e. The lowest BCUT2D eigenvalue weighted by Gasteiger charge is -2.11. The molecular formula is C27H26N2O5. The van der Waals surface area contributed by atoms with Crippen LogP contribution in [0.1, 0.15) is 23.6 Å². The minimum atomic E-state index is -0.297. The van der Waals surface area contributed by atoms with Gasteiger partial charge in [0.15, 0.2) is 11.3 Å². The molecule has 0 bridgehead atoms. The lowest BCUT2D eigenvalue weighted by Crippen LogP contribution is -2.10. The van der Waals surface area contributed by atoms with Gasteiger partial charge in [0.2, 0.25) is 0 Å². The maximum absolute atomic E-state index is 12.0. The van der Waals surface area contributed by atoms with Crippen molar-refractivity contribution < 1.29 is 23.4 Å². The van der Waals surface area contributed by atoms with E-state index in [4.69, 9.17) is 29.8 Å². The van der Waals surface area contributed by atoms with E-state index in [0.717, 1.165) is 27.6 Å². The lowest BCUT2D eigenvalue weighted by molar-refractivity contribution is -0.142. The minimum Gasteiger partial charge on any atom is -0.493 e. The third-order valence-electron chi connectivity index (χ3n) is 5.44. The van der Waals surface area contributed by atoms with Gasteiger partial charge in [-0.15, -0.1) is 0 Å². The zero-order valence-electron chi connectivity index (χ0n) is 19.1. The highest BCUT2D eigenvalue weighted by Crippen LogP contribution is 2.36. The van der Waals surface area contributed by atoms with Gasteiger partial charge in [0.1, 0.15) is 18.2 Å². The van der Waals surface area contributed by atoms with Crippen LogP contribution in [0.2, 0.25) is 0 Å². The molecule has 0 unspecified atom stereocenters. The summed E-state index contributed by atoms with van der Waals surface area (Å²) < 4.78 is 22.5. The fourth-order valence-corrected chi connectivity index (χ4v) is 3.77. The van der Waals surface area contributed by atoms with Gasteiger partial charge < -0.3 is 24.4 Å². The molecule has 0 atom stereocenters. The molecule has 4 aromatic rings. The zero-order valence-corrected chi connectivity index (χ0v) is 19.1. The molecular weight excluding hydrogens is 432 g/mol. The van der Waals surface area contributed by atoms with Gasteiger partial charge in [0.25, 0.3) is 0 Å². The molecule has 0 fully saturated rings. The van der Waals surface area contributed by atoms with E-state index in [1.165, 1.54) is 0 Å². The smallest absolute Gasteiger partial charge is 0.310 e. The van der Waals surface area contributed by atoms with Crippen molar-refractivity contribution in [3.8, 4) is 22.6 Å². The number of methoxy groups -OCH3 is 1. The van der Waals surface area contributed by atoms with E-state index in [-0.39, 0.29) is 24.8 Å². The Hall–Kier alpha value is -4.26. The number of carbonyl (C=O) groups excluding carboxylic acids is 1. The highest BCUT2D eigenvalue weighted by molar-refractivity contribution is 5.97. The Morgan fingerprint density at radius 2 is 1.82 bits per heavy atom. The molecule has 1 heterocycles. The first-order valence-electron chi connectivity index (χ1n) is 10.9. The minimum absolute atomic E-state index is 0.00813. The molecule has 0 saturated carbocycles. The molecule has 0 radical (unpaired) electrons. The van der Waals surface area contributed by atoms with Crippen LogP contribution in [0.3, 0.4) is 0 Å². The molecule has 3 N–H and O–H groups in total. The van der Waals surface area contributed by atoms with Gasteiger partial charge in [-0.05, 0) is 42.3 Å². The van der Waals surface area contributed by atoms with Crippen LogP contribution in [0.4, 0.5) is 0 Å². The van der Waals surface area contributed by atoms with Crippen molar-refractivity contribution in [3.63, 3.8) is 0 Å². The Kier molecular flexibility index (Phi) is 6.82. The number of carbonyl (C=O) groups is 1. The molecule has 0 amide bonds. The molecule has 1 aromatic heterocycles. The van der Waals surface area contributed by atoms with Crippen LogP contribution in [0.15, 0.2) is 71.3 Å². The van der Waals surface area contributed by atoms with E-state index < -0.39 is 0 Å². The second-order valence-corrected chi connectivity index (χ2v) is 7.69. The number of hydrogen-bond donors (Lipinski definition) is 2. The van der Waals surface area contributed by atoms with Gasteiger partial charge in [-0.25, -0.2) is 0 Å². The van der Waals surface area contributed by atoms with Crippen LogP contribution in [-0.2, 0) is 22.6 Å².